The normalized spacial score (nSPS) is 10.3. The van der Waals surface area contributed by atoms with Gasteiger partial charge in [-0.25, -0.2) is 0 Å². The standard InChI is InChI=1S/C13H8Cl3NO2/c14-7-2-1-3-8(6-7)17-13(19)9-4-5-10(15)11(16)12(9)18/h1-6,18H,(H,17,19). The van der Waals surface area contributed by atoms with Crippen LogP contribution in [0.4, 0.5) is 5.69 Å². The number of amides is 1. The Bertz CT molecular complexity index is 644. The summed E-state index contributed by atoms with van der Waals surface area (Å²) in [5.74, 6) is -0.855. The second-order valence-corrected chi connectivity index (χ2v) is 4.94. The van der Waals surface area contributed by atoms with Gasteiger partial charge < -0.3 is 10.4 Å². The first-order valence-electron chi connectivity index (χ1n) is 5.23. The maximum atomic E-state index is 12.0. The fourth-order valence-corrected chi connectivity index (χ4v) is 2.00. The van der Waals surface area contributed by atoms with Gasteiger partial charge in [0.1, 0.15) is 10.8 Å². The number of hydrogen-bond acceptors (Lipinski definition) is 2. The SMILES string of the molecule is O=C(Nc1cccc(Cl)c1)c1ccc(Cl)c(Cl)c1O. The minimum Gasteiger partial charge on any atom is -0.505 e. The molecule has 1 amide bonds. The van der Waals surface area contributed by atoms with Crippen molar-refractivity contribution in [3.05, 3.63) is 57.0 Å². The quantitative estimate of drug-likeness (QED) is 0.850. The van der Waals surface area contributed by atoms with Crippen LogP contribution in [-0.4, -0.2) is 11.0 Å². The highest BCUT2D eigenvalue weighted by Crippen LogP contribution is 2.34. The number of rotatable bonds is 2. The molecule has 0 aliphatic carbocycles. The Morgan fingerprint density at radius 1 is 1.11 bits per heavy atom. The third-order valence-electron chi connectivity index (χ3n) is 2.40. The summed E-state index contributed by atoms with van der Waals surface area (Å²) in [4.78, 5) is 12.0. The number of aromatic hydroxyl groups is 1. The molecule has 3 nitrogen and oxygen atoms in total. The van der Waals surface area contributed by atoms with Gasteiger partial charge in [0.05, 0.1) is 10.6 Å². The number of phenolic OH excluding ortho intramolecular Hbond substituents is 1. The van der Waals surface area contributed by atoms with Gasteiger partial charge in [-0.1, -0.05) is 40.9 Å². The number of hydrogen-bond donors (Lipinski definition) is 2. The molecule has 0 fully saturated rings. The smallest absolute Gasteiger partial charge is 0.259 e. The maximum absolute atomic E-state index is 12.0. The Morgan fingerprint density at radius 2 is 1.84 bits per heavy atom. The highest BCUT2D eigenvalue weighted by atomic mass is 35.5. The van der Waals surface area contributed by atoms with Gasteiger partial charge in [-0.05, 0) is 30.3 Å². The number of phenols is 1. The molecule has 0 bridgehead atoms. The van der Waals surface area contributed by atoms with Crippen LogP contribution in [0.5, 0.6) is 5.75 Å². The van der Waals surface area contributed by atoms with Crippen LogP contribution >= 0.6 is 34.8 Å². The Kier molecular flexibility index (Phi) is 4.20. The molecule has 0 radical (unpaired) electrons. The van der Waals surface area contributed by atoms with Crippen LogP contribution in [0.2, 0.25) is 15.1 Å². The minimum absolute atomic E-state index is 0.0365. The van der Waals surface area contributed by atoms with Gasteiger partial charge in [-0.2, -0.15) is 0 Å². The number of benzene rings is 2. The van der Waals surface area contributed by atoms with Crippen molar-refractivity contribution in [2.24, 2.45) is 0 Å². The van der Waals surface area contributed by atoms with Gasteiger partial charge in [0.25, 0.3) is 5.91 Å². The third-order valence-corrected chi connectivity index (χ3v) is 3.43. The highest BCUT2D eigenvalue weighted by Gasteiger charge is 2.16. The van der Waals surface area contributed by atoms with Crippen molar-refractivity contribution in [1.82, 2.24) is 0 Å². The van der Waals surface area contributed by atoms with Gasteiger partial charge in [0.15, 0.2) is 0 Å². The number of halogens is 3. The van der Waals surface area contributed by atoms with E-state index < -0.39 is 5.91 Å². The minimum atomic E-state index is -0.502. The summed E-state index contributed by atoms with van der Waals surface area (Å²) in [6.07, 6.45) is 0. The molecule has 0 aliphatic rings. The number of nitrogens with one attached hydrogen (secondary N) is 1. The average molecular weight is 317 g/mol. The van der Waals surface area contributed by atoms with Crippen LogP contribution in [0.15, 0.2) is 36.4 Å². The lowest BCUT2D eigenvalue weighted by Gasteiger charge is -2.08. The van der Waals surface area contributed by atoms with E-state index in [0.29, 0.717) is 10.7 Å². The second kappa shape index (κ2) is 5.70. The molecule has 0 aromatic heterocycles. The molecule has 0 atom stereocenters. The fourth-order valence-electron chi connectivity index (χ4n) is 1.49. The molecule has 0 heterocycles. The van der Waals surface area contributed by atoms with E-state index in [4.69, 9.17) is 34.8 Å². The van der Waals surface area contributed by atoms with E-state index in [0.717, 1.165) is 0 Å². The first kappa shape index (κ1) is 14.0. The molecule has 98 valence electrons. The van der Waals surface area contributed by atoms with Crippen LogP contribution in [0.1, 0.15) is 10.4 Å². The molecule has 2 N–H and O–H groups in total. The van der Waals surface area contributed by atoms with E-state index in [-0.39, 0.29) is 21.4 Å². The van der Waals surface area contributed by atoms with Crippen molar-refractivity contribution < 1.29 is 9.90 Å². The van der Waals surface area contributed by atoms with Crippen molar-refractivity contribution in [3.8, 4) is 5.75 Å². The average Bonchev–Trinajstić information content (AvgIpc) is 2.36. The molecule has 6 heteroatoms. The number of anilines is 1. The zero-order valence-electron chi connectivity index (χ0n) is 9.45. The number of carbonyl (C=O) groups is 1. The number of carbonyl (C=O) groups excluding carboxylic acids is 1. The Labute approximate surface area is 124 Å². The monoisotopic (exact) mass is 315 g/mol. The lowest BCUT2D eigenvalue weighted by atomic mass is 10.2. The van der Waals surface area contributed by atoms with E-state index in [1.807, 2.05) is 0 Å². The van der Waals surface area contributed by atoms with E-state index >= 15 is 0 Å². The van der Waals surface area contributed by atoms with E-state index in [1.165, 1.54) is 12.1 Å². The lowest BCUT2D eigenvalue weighted by molar-refractivity contribution is 0.102. The highest BCUT2D eigenvalue weighted by molar-refractivity contribution is 6.43. The lowest BCUT2D eigenvalue weighted by Crippen LogP contribution is -2.12. The summed E-state index contributed by atoms with van der Waals surface area (Å²) in [6.45, 7) is 0. The van der Waals surface area contributed by atoms with Gasteiger partial charge in [-0.15, -0.1) is 0 Å². The van der Waals surface area contributed by atoms with Crippen LogP contribution in [0.3, 0.4) is 0 Å². The zero-order chi connectivity index (χ0) is 14.0. The predicted molar refractivity (Wildman–Crippen MR) is 77.5 cm³/mol. The largest absolute Gasteiger partial charge is 0.505 e. The van der Waals surface area contributed by atoms with Crippen LogP contribution in [0, 0.1) is 0 Å². The summed E-state index contributed by atoms with van der Waals surface area (Å²) in [5.41, 5.74) is 0.553. The molecule has 0 unspecified atom stereocenters. The first-order valence-corrected chi connectivity index (χ1v) is 6.36. The summed E-state index contributed by atoms with van der Waals surface area (Å²) in [5, 5.41) is 13.0. The Morgan fingerprint density at radius 3 is 2.53 bits per heavy atom. The predicted octanol–water partition coefficient (Wildman–Crippen LogP) is 4.60. The van der Waals surface area contributed by atoms with Crippen LogP contribution in [0.25, 0.3) is 0 Å². The molecule has 0 saturated heterocycles. The molecule has 2 aromatic rings. The first-order chi connectivity index (χ1) is 8.99. The Hall–Kier alpha value is -1.42. The van der Waals surface area contributed by atoms with Crippen LogP contribution < -0.4 is 5.32 Å². The molecule has 0 saturated carbocycles. The van der Waals surface area contributed by atoms with Gasteiger partial charge >= 0.3 is 0 Å². The molecule has 2 aromatic carbocycles. The third kappa shape index (κ3) is 3.13. The van der Waals surface area contributed by atoms with Crippen molar-refractivity contribution >= 4 is 46.4 Å². The molecule has 2 rings (SSSR count). The summed E-state index contributed by atoms with van der Waals surface area (Å²) < 4.78 is 0. The van der Waals surface area contributed by atoms with Crippen LogP contribution in [-0.2, 0) is 0 Å². The maximum Gasteiger partial charge on any atom is 0.259 e. The van der Waals surface area contributed by atoms with Crippen molar-refractivity contribution in [2.45, 2.75) is 0 Å². The summed E-state index contributed by atoms with van der Waals surface area (Å²) in [6, 6.07) is 9.49. The van der Waals surface area contributed by atoms with Crippen molar-refractivity contribution in [1.29, 1.82) is 0 Å². The molecular formula is C13H8Cl3NO2. The van der Waals surface area contributed by atoms with E-state index in [1.54, 1.807) is 24.3 Å². The molecule has 0 spiro atoms. The molecule has 19 heavy (non-hydrogen) atoms. The van der Waals surface area contributed by atoms with Gasteiger partial charge in [0, 0.05) is 10.7 Å². The second-order valence-electron chi connectivity index (χ2n) is 3.72. The van der Waals surface area contributed by atoms with Gasteiger partial charge in [-0.3, -0.25) is 4.79 Å². The van der Waals surface area contributed by atoms with Gasteiger partial charge in [0.2, 0.25) is 0 Å². The van der Waals surface area contributed by atoms with Crippen molar-refractivity contribution in [3.63, 3.8) is 0 Å². The summed E-state index contributed by atoms with van der Waals surface area (Å²) in [7, 11) is 0. The summed E-state index contributed by atoms with van der Waals surface area (Å²) >= 11 is 17.3. The van der Waals surface area contributed by atoms with E-state index in [2.05, 4.69) is 5.32 Å². The zero-order valence-corrected chi connectivity index (χ0v) is 11.7. The van der Waals surface area contributed by atoms with Crippen molar-refractivity contribution in [2.75, 3.05) is 5.32 Å². The topological polar surface area (TPSA) is 49.3 Å². The Balaban J connectivity index is 2.28. The van der Waals surface area contributed by atoms with E-state index in [9.17, 15) is 9.90 Å². The molecular weight excluding hydrogens is 309 g/mol. The fraction of sp³-hybridized carbons (Fsp3) is 0. The molecule has 0 aliphatic heterocycles.